The Kier molecular flexibility index (Phi) is 1.93. The second-order valence-electron chi connectivity index (χ2n) is 3.06. The lowest BCUT2D eigenvalue weighted by molar-refractivity contribution is 1.11. The number of rotatable bonds is 2. The molecule has 2 aromatic rings. The molecule has 13 heavy (non-hydrogen) atoms. The predicted octanol–water partition coefficient (Wildman–Crippen LogP) is 2.17. The summed E-state index contributed by atoms with van der Waals surface area (Å²) in [6.45, 7) is 2.15. The van der Waals surface area contributed by atoms with Crippen molar-refractivity contribution < 1.29 is 0 Å². The molecule has 0 fully saturated rings. The monoisotopic (exact) mass is 175 g/mol. The van der Waals surface area contributed by atoms with Crippen molar-refractivity contribution in [2.45, 2.75) is 13.3 Å². The van der Waals surface area contributed by atoms with Crippen molar-refractivity contribution in [3.8, 4) is 0 Å². The molecule has 1 aromatic carbocycles. The van der Waals surface area contributed by atoms with Gasteiger partial charge in [-0.25, -0.2) is 0 Å². The number of nitrogens with one attached hydrogen (secondary N) is 2. The van der Waals surface area contributed by atoms with Crippen LogP contribution >= 0.6 is 0 Å². The minimum atomic E-state index is 0.922. The summed E-state index contributed by atoms with van der Waals surface area (Å²) in [5.74, 6) is 0.922. The number of aromatic amines is 1. The van der Waals surface area contributed by atoms with Crippen molar-refractivity contribution in [2.75, 3.05) is 12.4 Å². The van der Waals surface area contributed by atoms with Crippen LogP contribution in [0.4, 0.5) is 5.82 Å². The van der Waals surface area contributed by atoms with Gasteiger partial charge >= 0.3 is 0 Å². The highest BCUT2D eigenvalue weighted by molar-refractivity contribution is 5.90. The third kappa shape index (κ3) is 1.26. The first-order chi connectivity index (χ1) is 6.35. The number of hydrogen-bond donors (Lipinski definition) is 2. The first kappa shape index (κ1) is 8.10. The Balaban J connectivity index is 2.64. The van der Waals surface area contributed by atoms with Gasteiger partial charge in [-0.15, -0.1) is 0 Å². The summed E-state index contributed by atoms with van der Waals surface area (Å²) in [4.78, 5) is 0. The maximum Gasteiger partial charge on any atom is 0.155 e. The standard InChI is InChI=1S/C10H13N3/c1-3-7-4-5-9-8(6-7)10(11-2)13-12-9/h4-6H,3H2,1-2H3,(H2,11,12,13). The number of hydrogen-bond acceptors (Lipinski definition) is 2. The number of nitrogens with zero attached hydrogens (tertiary/aromatic N) is 1. The van der Waals surface area contributed by atoms with Gasteiger partial charge in [0.2, 0.25) is 0 Å². The summed E-state index contributed by atoms with van der Waals surface area (Å²) >= 11 is 0. The molecule has 0 saturated heterocycles. The van der Waals surface area contributed by atoms with Crippen LogP contribution in [0.15, 0.2) is 18.2 Å². The van der Waals surface area contributed by atoms with Gasteiger partial charge in [-0.05, 0) is 24.1 Å². The van der Waals surface area contributed by atoms with E-state index in [0.717, 1.165) is 17.8 Å². The molecular formula is C10H13N3. The number of aromatic nitrogens is 2. The molecule has 0 saturated carbocycles. The summed E-state index contributed by atoms with van der Waals surface area (Å²) in [6.07, 6.45) is 1.06. The van der Waals surface area contributed by atoms with Crippen LogP contribution in [-0.2, 0) is 6.42 Å². The molecule has 0 atom stereocenters. The molecule has 0 spiro atoms. The molecule has 0 unspecified atom stereocenters. The number of aryl methyl sites for hydroxylation is 1. The van der Waals surface area contributed by atoms with Gasteiger partial charge < -0.3 is 5.32 Å². The van der Waals surface area contributed by atoms with Gasteiger partial charge in [-0.1, -0.05) is 13.0 Å². The van der Waals surface area contributed by atoms with Crippen LogP contribution in [0.3, 0.4) is 0 Å². The number of anilines is 1. The minimum absolute atomic E-state index is 0.922. The van der Waals surface area contributed by atoms with Crippen molar-refractivity contribution in [1.29, 1.82) is 0 Å². The van der Waals surface area contributed by atoms with E-state index in [2.05, 4.69) is 40.6 Å². The van der Waals surface area contributed by atoms with Crippen molar-refractivity contribution in [3.05, 3.63) is 23.8 Å². The molecule has 0 amide bonds. The van der Waals surface area contributed by atoms with E-state index in [1.54, 1.807) is 0 Å². The van der Waals surface area contributed by atoms with Crippen LogP contribution in [0.1, 0.15) is 12.5 Å². The molecule has 0 aliphatic heterocycles. The molecule has 3 nitrogen and oxygen atoms in total. The molecule has 0 aliphatic carbocycles. The minimum Gasteiger partial charge on any atom is -0.371 e. The Hall–Kier alpha value is -1.51. The highest BCUT2D eigenvalue weighted by atomic mass is 15.2. The smallest absolute Gasteiger partial charge is 0.155 e. The fourth-order valence-corrected chi connectivity index (χ4v) is 1.47. The quantitative estimate of drug-likeness (QED) is 0.734. The highest BCUT2D eigenvalue weighted by Crippen LogP contribution is 2.21. The van der Waals surface area contributed by atoms with Gasteiger partial charge in [-0.3, -0.25) is 5.10 Å². The van der Waals surface area contributed by atoms with Gasteiger partial charge in [0.25, 0.3) is 0 Å². The lowest BCUT2D eigenvalue weighted by Crippen LogP contribution is -1.88. The van der Waals surface area contributed by atoms with Crippen molar-refractivity contribution in [1.82, 2.24) is 10.2 Å². The van der Waals surface area contributed by atoms with E-state index in [1.807, 2.05) is 7.05 Å². The van der Waals surface area contributed by atoms with Gasteiger partial charge in [0.15, 0.2) is 5.82 Å². The molecular weight excluding hydrogens is 162 g/mol. The van der Waals surface area contributed by atoms with E-state index in [1.165, 1.54) is 10.9 Å². The fourth-order valence-electron chi connectivity index (χ4n) is 1.47. The van der Waals surface area contributed by atoms with Gasteiger partial charge in [0.1, 0.15) is 0 Å². The Morgan fingerprint density at radius 2 is 2.31 bits per heavy atom. The third-order valence-electron chi connectivity index (χ3n) is 2.27. The number of benzene rings is 1. The lowest BCUT2D eigenvalue weighted by atomic mass is 10.1. The molecule has 0 bridgehead atoms. The summed E-state index contributed by atoms with van der Waals surface area (Å²) in [5.41, 5.74) is 2.42. The first-order valence-corrected chi connectivity index (χ1v) is 4.50. The Morgan fingerprint density at radius 1 is 1.46 bits per heavy atom. The van der Waals surface area contributed by atoms with E-state index in [-0.39, 0.29) is 0 Å². The summed E-state index contributed by atoms with van der Waals surface area (Å²) in [5, 5.41) is 11.4. The molecule has 2 rings (SSSR count). The van der Waals surface area contributed by atoms with Crippen molar-refractivity contribution in [3.63, 3.8) is 0 Å². The molecule has 3 heteroatoms. The van der Waals surface area contributed by atoms with E-state index < -0.39 is 0 Å². The van der Waals surface area contributed by atoms with E-state index in [9.17, 15) is 0 Å². The van der Waals surface area contributed by atoms with Crippen LogP contribution < -0.4 is 5.32 Å². The zero-order valence-electron chi connectivity index (χ0n) is 7.89. The second-order valence-corrected chi connectivity index (χ2v) is 3.06. The lowest BCUT2D eigenvalue weighted by Gasteiger charge is -1.97. The van der Waals surface area contributed by atoms with Crippen LogP contribution in [0.5, 0.6) is 0 Å². The zero-order chi connectivity index (χ0) is 9.26. The largest absolute Gasteiger partial charge is 0.371 e. The normalized spacial score (nSPS) is 10.6. The Morgan fingerprint density at radius 3 is 3.00 bits per heavy atom. The maximum absolute atomic E-state index is 4.15. The Bertz CT molecular complexity index is 417. The maximum atomic E-state index is 4.15. The second kappa shape index (κ2) is 3.09. The number of H-pyrrole nitrogens is 1. The van der Waals surface area contributed by atoms with Gasteiger partial charge in [-0.2, -0.15) is 5.10 Å². The average molecular weight is 175 g/mol. The van der Waals surface area contributed by atoms with Gasteiger partial charge in [0, 0.05) is 12.4 Å². The predicted molar refractivity (Wildman–Crippen MR) is 55.0 cm³/mol. The summed E-state index contributed by atoms with van der Waals surface area (Å²) in [6, 6.07) is 6.37. The van der Waals surface area contributed by atoms with E-state index in [0.29, 0.717) is 0 Å². The Labute approximate surface area is 77.2 Å². The van der Waals surface area contributed by atoms with E-state index in [4.69, 9.17) is 0 Å². The van der Waals surface area contributed by atoms with Crippen LogP contribution in [0.2, 0.25) is 0 Å². The van der Waals surface area contributed by atoms with Crippen LogP contribution in [0, 0.1) is 0 Å². The highest BCUT2D eigenvalue weighted by Gasteiger charge is 2.03. The molecule has 0 radical (unpaired) electrons. The van der Waals surface area contributed by atoms with Crippen molar-refractivity contribution >= 4 is 16.7 Å². The molecule has 1 aromatic heterocycles. The third-order valence-corrected chi connectivity index (χ3v) is 2.27. The molecule has 68 valence electrons. The zero-order valence-corrected chi connectivity index (χ0v) is 7.89. The summed E-state index contributed by atoms with van der Waals surface area (Å²) in [7, 11) is 1.88. The molecule has 2 N–H and O–H groups in total. The topological polar surface area (TPSA) is 40.7 Å². The van der Waals surface area contributed by atoms with E-state index >= 15 is 0 Å². The van der Waals surface area contributed by atoms with Gasteiger partial charge in [0.05, 0.1) is 5.52 Å². The first-order valence-electron chi connectivity index (χ1n) is 4.50. The molecule has 1 heterocycles. The molecule has 0 aliphatic rings. The number of fused-ring (bicyclic) bond motifs is 1. The fraction of sp³-hybridized carbons (Fsp3) is 0.300. The average Bonchev–Trinajstić information content (AvgIpc) is 2.59. The van der Waals surface area contributed by atoms with Crippen LogP contribution in [0.25, 0.3) is 10.9 Å². The SMILES string of the molecule is CCc1ccc2[nH]nc(NC)c2c1. The van der Waals surface area contributed by atoms with Crippen LogP contribution in [-0.4, -0.2) is 17.2 Å². The summed E-state index contributed by atoms with van der Waals surface area (Å²) < 4.78 is 0. The van der Waals surface area contributed by atoms with Crippen molar-refractivity contribution in [2.24, 2.45) is 0 Å².